The Morgan fingerprint density at radius 3 is 2.41 bits per heavy atom. The molecule has 27 heavy (non-hydrogen) atoms. The van der Waals surface area contributed by atoms with Crippen molar-refractivity contribution >= 4 is 17.5 Å². The first-order chi connectivity index (χ1) is 12.9. The van der Waals surface area contributed by atoms with E-state index >= 15 is 0 Å². The third kappa shape index (κ3) is 3.97. The number of carbonyl (C=O) groups is 2. The molecular weight excluding hydrogens is 340 g/mol. The van der Waals surface area contributed by atoms with E-state index in [-0.39, 0.29) is 11.8 Å². The number of rotatable bonds is 6. The fourth-order valence-corrected chi connectivity index (χ4v) is 3.54. The maximum atomic E-state index is 13.0. The van der Waals surface area contributed by atoms with Gasteiger partial charge in [-0.3, -0.25) is 9.59 Å². The van der Waals surface area contributed by atoms with Crippen LogP contribution < -0.4 is 15.0 Å². The molecule has 0 fully saturated rings. The quantitative estimate of drug-likeness (QED) is 0.795. The summed E-state index contributed by atoms with van der Waals surface area (Å²) >= 11 is 0. The van der Waals surface area contributed by atoms with Gasteiger partial charge in [0.05, 0.1) is 12.3 Å². The summed E-state index contributed by atoms with van der Waals surface area (Å²) in [5.41, 5.74) is 5.08. The highest BCUT2D eigenvalue weighted by Crippen LogP contribution is 2.40. The van der Waals surface area contributed by atoms with Crippen LogP contribution in [-0.4, -0.2) is 25.0 Å². The monoisotopic (exact) mass is 366 g/mol. The van der Waals surface area contributed by atoms with E-state index in [1.165, 1.54) is 12.5 Å². The number of nitrogens with zero attached hydrogens (tertiary/aromatic N) is 1. The lowest BCUT2D eigenvalue weighted by atomic mass is 9.99. The molecule has 1 atom stereocenters. The molecule has 5 heteroatoms. The predicted octanol–water partition coefficient (Wildman–Crippen LogP) is 3.60. The Hall–Kier alpha value is -2.82. The van der Waals surface area contributed by atoms with Crippen molar-refractivity contribution in [1.29, 1.82) is 0 Å². The summed E-state index contributed by atoms with van der Waals surface area (Å²) in [6, 6.07) is 11.3. The van der Waals surface area contributed by atoms with E-state index in [9.17, 15) is 9.59 Å². The molecule has 0 bridgehead atoms. The van der Waals surface area contributed by atoms with Crippen molar-refractivity contribution in [2.24, 2.45) is 0 Å². The third-order valence-corrected chi connectivity index (χ3v) is 4.87. The lowest BCUT2D eigenvalue weighted by Crippen LogP contribution is -2.37. The number of carbonyl (C=O) groups excluding carboxylic acids is 2. The SMILES string of the molecule is CC(=O)NC1C(=O)N(CCCOc2ccc(C)cc2)c2c(C)ccc(C)c21. The van der Waals surface area contributed by atoms with Crippen LogP contribution in [0.2, 0.25) is 0 Å². The van der Waals surface area contributed by atoms with Gasteiger partial charge in [0.1, 0.15) is 11.8 Å². The number of nitrogens with one attached hydrogen (secondary N) is 1. The minimum Gasteiger partial charge on any atom is -0.494 e. The number of ether oxygens (including phenoxy) is 1. The molecule has 3 rings (SSSR count). The zero-order chi connectivity index (χ0) is 19.6. The van der Waals surface area contributed by atoms with Gasteiger partial charge in [-0.1, -0.05) is 29.8 Å². The molecule has 5 nitrogen and oxygen atoms in total. The summed E-state index contributed by atoms with van der Waals surface area (Å²) in [5, 5.41) is 2.81. The van der Waals surface area contributed by atoms with Gasteiger partial charge >= 0.3 is 0 Å². The Labute approximate surface area is 160 Å². The van der Waals surface area contributed by atoms with E-state index in [4.69, 9.17) is 4.74 Å². The molecule has 1 aliphatic heterocycles. The standard InChI is InChI=1S/C22H26N2O3/c1-14-6-10-18(11-7-14)27-13-5-12-24-21-16(3)9-8-15(2)19(21)20(22(24)26)23-17(4)25/h6-11,20H,5,12-13H2,1-4H3,(H,23,25). The maximum absolute atomic E-state index is 13.0. The summed E-state index contributed by atoms with van der Waals surface area (Å²) < 4.78 is 5.78. The van der Waals surface area contributed by atoms with Crippen LogP contribution in [0.3, 0.4) is 0 Å². The van der Waals surface area contributed by atoms with E-state index in [1.54, 1.807) is 4.90 Å². The molecule has 0 saturated carbocycles. The number of aryl methyl sites for hydroxylation is 3. The highest BCUT2D eigenvalue weighted by atomic mass is 16.5. The van der Waals surface area contributed by atoms with Crippen molar-refractivity contribution in [1.82, 2.24) is 5.32 Å². The van der Waals surface area contributed by atoms with E-state index in [2.05, 4.69) is 5.32 Å². The van der Waals surface area contributed by atoms with Gasteiger partial charge in [0.25, 0.3) is 5.91 Å². The maximum Gasteiger partial charge on any atom is 0.254 e. The Balaban J connectivity index is 1.72. The number of anilines is 1. The van der Waals surface area contributed by atoms with E-state index < -0.39 is 6.04 Å². The topological polar surface area (TPSA) is 58.6 Å². The second-order valence-corrected chi connectivity index (χ2v) is 7.10. The van der Waals surface area contributed by atoms with Gasteiger partial charge < -0.3 is 15.0 Å². The molecule has 0 saturated heterocycles. The average Bonchev–Trinajstić information content (AvgIpc) is 2.90. The lowest BCUT2D eigenvalue weighted by molar-refractivity contribution is -0.126. The van der Waals surface area contributed by atoms with Gasteiger partial charge in [0, 0.05) is 19.0 Å². The van der Waals surface area contributed by atoms with E-state index in [0.717, 1.165) is 28.1 Å². The number of fused-ring (bicyclic) bond motifs is 1. The fourth-order valence-electron chi connectivity index (χ4n) is 3.54. The molecule has 0 radical (unpaired) electrons. The van der Waals surface area contributed by atoms with Crippen molar-refractivity contribution in [3.8, 4) is 5.75 Å². The second kappa shape index (κ2) is 7.82. The molecule has 142 valence electrons. The van der Waals surface area contributed by atoms with Crippen LogP contribution in [0.15, 0.2) is 36.4 Å². The molecule has 1 aliphatic rings. The van der Waals surface area contributed by atoms with Crippen molar-refractivity contribution in [3.05, 3.63) is 58.7 Å². The normalized spacial score (nSPS) is 15.6. The lowest BCUT2D eigenvalue weighted by Gasteiger charge is -2.20. The van der Waals surface area contributed by atoms with Crippen LogP contribution in [0.25, 0.3) is 0 Å². The highest BCUT2D eigenvalue weighted by molar-refractivity contribution is 6.07. The minimum atomic E-state index is -0.601. The van der Waals surface area contributed by atoms with Gasteiger partial charge in [-0.2, -0.15) is 0 Å². The molecular formula is C22H26N2O3. The Kier molecular flexibility index (Phi) is 5.49. The Bertz CT molecular complexity index is 859. The van der Waals surface area contributed by atoms with Crippen molar-refractivity contribution in [2.45, 2.75) is 40.2 Å². The smallest absolute Gasteiger partial charge is 0.254 e. The molecule has 1 unspecified atom stereocenters. The van der Waals surface area contributed by atoms with Crippen LogP contribution in [-0.2, 0) is 9.59 Å². The summed E-state index contributed by atoms with van der Waals surface area (Å²) in [7, 11) is 0. The number of hydrogen-bond acceptors (Lipinski definition) is 3. The first-order valence-corrected chi connectivity index (χ1v) is 9.26. The average molecular weight is 366 g/mol. The largest absolute Gasteiger partial charge is 0.494 e. The van der Waals surface area contributed by atoms with Crippen LogP contribution in [0, 0.1) is 20.8 Å². The molecule has 0 aliphatic carbocycles. The van der Waals surface area contributed by atoms with Gasteiger partial charge in [0.15, 0.2) is 0 Å². The van der Waals surface area contributed by atoms with Gasteiger partial charge in [0.2, 0.25) is 5.91 Å². The fraction of sp³-hybridized carbons (Fsp3) is 0.364. The van der Waals surface area contributed by atoms with Crippen molar-refractivity contribution < 1.29 is 14.3 Å². The predicted molar refractivity (Wildman–Crippen MR) is 106 cm³/mol. The zero-order valence-electron chi connectivity index (χ0n) is 16.3. The molecule has 2 amide bonds. The minimum absolute atomic E-state index is 0.0760. The van der Waals surface area contributed by atoms with E-state index in [1.807, 2.05) is 57.2 Å². The molecule has 1 heterocycles. The summed E-state index contributed by atoms with van der Waals surface area (Å²) in [6.07, 6.45) is 0.708. The summed E-state index contributed by atoms with van der Waals surface area (Å²) in [4.78, 5) is 26.4. The number of amides is 2. The number of hydrogen-bond donors (Lipinski definition) is 1. The third-order valence-electron chi connectivity index (χ3n) is 4.87. The van der Waals surface area contributed by atoms with Crippen LogP contribution in [0.1, 0.15) is 41.6 Å². The van der Waals surface area contributed by atoms with Crippen LogP contribution in [0.5, 0.6) is 5.75 Å². The summed E-state index contributed by atoms with van der Waals surface area (Å²) in [6.45, 7) is 8.53. The first-order valence-electron chi connectivity index (χ1n) is 9.26. The van der Waals surface area contributed by atoms with Gasteiger partial charge in [-0.25, -0.2) is 0 Å². The van der Waals surface area contributed by atoms with Gasteiger partial charge in [-0.05, 0) is 50.5 Å². The second-order valence-electron chi connectivity index (χ2n) is 7.10. The van der Waals surface area contributed by atoms with Crippen molar-refractivity contribution in [2.75, 3.05) is 18.1 Å². The molecule has 2 aromatic carbocycles. The number of benzene rings is 2. The Morgan fingerprint density at radius 1 is 1.07 bits per heavy atom. The Morgan fingerprint density at radius 2 is 1.74 bits per heavy atom. The van der Waals surface area contributed by atoms with Crippen LogP contribution in [0.4, 0.5) is 5.69 Å². The first kappa shape index (κ1) is 19.0. The zero-order valence-corrected chi connectivity index (χ0v) is 16.3. The summed E-state index contributed by atoms with van der Waals surface area (Å²) in [5.74, 6) is 0.551. The van der Waals surface area contributed by atoms with Crippen molar-refractivity contribution in [3.63, 3.8) is 0 Å². The highest BCUT2D eigenvalue weighted by Gasteiger charge is 2.39. The van der Waals surface area contributed by atoms with Gasteiger partial charge in [-0.15, -0.1) is 0 Å². The molecule has 0 spiro atoms. The molecule has 0 aromatic heterocycles. The van der Waals surface area contributed by atoms with Crippen LogP contribution >= 0.6 is 0 Å². The molecule has 2 aromatic rings. The molecule has 1 N–H and O–H groups in total. The van der Waals surface area contributed by atoms with E-state index in [0.29, 0.717) is 19.6 Å².